The number of urea groups is 1. The first-order valence-corrected chi connectivity index (χ1v) is 8.78. The Bertz CT molecular complexity index is 445. The maximum absolute atomic E-state index is 11.9. The molecule has 21 heavy (non-hydrogen) atoms. The quantitative estimate of drug-likeness (QED) is 0.900. The van der Waals surface area contributed by atoms with E-state index in [-0.39, 0.29) is 6.03 Å². The third-order valence-corrected chi connectivity index (χ3v) is 5.81. The summed E-state index contributed by atoms with van der Waals surface area (Å²) in [6.45, 7) is 2.45. The average molecular weight is 308 g/mol. The molecule has 2 fully saturated rings. The molecule has 2 amide bonds. The Hall–Kier alpha value is -1.07. The largest absolute Gasteiger partial charge is 0.381 e. The molecule has 1 aromatic heterocycles. The van der Waals surface area contributed by atoms with Gasteiger partial charge in [0.25, 0.3) is 0 Å². The molecule has 0 atom stereocenters. The fourth-order valence-corrected chi connectivity index (χ4v) is 4.14. The lowest BCUT2D eigenvalue weighted by atomic mass is 9.68. The molecule has 1 aliphatic carbocycles. The van der Waals surface area contributed by atoms with Crippen molar-refractivity contribution in [3.8, 4) is 0 Å². The van der Waals surface area contributed by atoms with Crippen LogP contribution in [-0.2, 0) is 11.3 Å². The lowest BCUT2D eigenvalue weighted by molar-refractivity contribution is -0.00860. The van der Waals surface area contributed by atoms with Crippen molar-refractivity contribution >= 4 is 17.4 Å². The Kier molecular flexibility index (Phi) is 4.80. The monoisotopic (exact) mass is 308 g/mol. The molecule has 0 unspecified atom stereocenters. The van der Waals surface area contributed by atoms with Gasteiger partial charge in [0.2, 0.25) is 0 Å². The van der Waals surface area contributed by atoms with Crippen LogP contribution in [0.2, 0.25) is 0 Å². The van der Waals surface area contributed by atoms with Crippen LogP contribution in [0.15, 0.2) is 17.5 Å². The van der Waals surface area contributed by atoms with Crippen molar-refractivity contribution in [3.05, 3.63) is 22.4 Å². The number of carbonyl (C=O) groups excluding carboxylic acids is 1. The molecule has 3 rings (SSSR count). The van der Waals surface area contributed by atoms with Crippen molar-refractivity contribution in [2.75, 3.05) is 13.2 Å². The van der Waals surface area contributed by atoms with Crippen LogP contribution < -0.4 is 10.6 Å². The first-order valence-electron chi connectivity index (χ1n) is 7.90. The molecule has 0 radical (unpaired) electrons. The molecule has 1 saturated heterocycles. The van der Waals surface area contributed by atoms with Crippen molar-refractivity contribution in [3.63, 3.8) is 0 Å². The summed E-state index contributed by atoms with van der Waals surface area (Å²) in [5.41, 5.74) is 0.504. The van der Waals surface area contributed by atoms with E-state index in [1.165, 1.54) is 30.6 Å². The van der Waals surface area contributed by atoms with Crippen LogP contribution in [-0.4, -0.2) is 25.3 Å². The summed E-state index contributed by atoms with van der Waals surface area (Å²) < 4.78 is 5.48. The molecular formula is C16H24N2O2S. The van der Waals surface area contributed by atoms with Gasteiger partial charge < -0.3 is 15.4 Å². The molecule has 2 aliphatic rings. The van der Waals surface area contributed by atoms with E-state index in [1.807, 2.05) is 17.5 Å². The van der Waals surface area contributed by atoms with Gasteiger partial charge in [-0.05, 0) is 55.4 Å². The van der Waals surface area contributed by atoms with Crippen molar-refractivity contribution in [2.45, 2.75) is 51.1 Å². The van der Waals surface area contributed by atoms with E-state index in [9.17, 15) is 4.79 Å². The van der Waals surface area contributed by atoms with Crippen LogP contribution in [0.25, 0.3) is 0 Å². The van der Waals surface area contributed by atoms with E-state index in [0.717, 1.165) is 26.1 Å². The maximum Gasteiger partial charge on any atom is 0.315 e. The maximum atomic E-state index is 11.9. The standard InChI is InChI=1S/C16H24N2O2S/c19-15(17-12-14-2-1-11-21-14)18-13-3-5-16(6-4-13)7-9-20-10-8-16/h1-2,11,13H,3-10,12H2,(H2,17,18,19). The second-order valence-corrected chi connectivity index (χ2v) is 7.33. The molecule has 5 heteroatoms. The smallest absolute Gasteiger partial charge is 0.315 e. The number of nitrogens with one attached hydrogen (secondary N) is 2. The minimum Gasteiger partial charge on any atom is -0.381 e. The van der Waals surface area contributed by atoms with Crippen LogP contribution in [0, 0.1) is 5.41 Å². The number of carbonyl (C=O) groups is 1. The predicted octanol–water partition coefficient (Wildman–Crippen LogP) is 3.29. The second-order valence-electron chi connectivity index (χ2n) is 6.29. The molecule has 1 aliphatic heterocycles. The zero-order valence-electron chi connectivity index (χ0n) is 12.4. The van der Waals surface area contributed by atoms with Crippen molar-refractivity contribution in [1.29, 1.82) is 0 Å². The summed E-state index contributed by atoms with van der Waals surface area (Å²) >= 11 is 1.67. The van der Waals surface area contributed by atoms with E-state index >= 15 is 0 Å². The molecule has 1 aromatic rings. The fraction of sp³-hybridized carbons (Fsp3) is 0.688. The number of thiophene rings is 1. The van der Waals surface area contributed by atoms with Gasteiger partial charge in [0.15, 0.2) is 0 Å². The highest BCUT2D eigenvalue weighted by Crippen LogP contribution is 2.43. The summed E-state index contributed by atoms with van der Waals surface area (Å²) in [7, 11) is 0. The van der Waals surface area contributed by atoms with Gasteiger partial charge in [-0.15, -0.1) is 11.3 Å². The number of hydrogen-bond acceptors (Lipinski definition) is 3. The minimum absolute atomic E-state index is 0.0312. The average Bonchev–Trinajstić information content (AvgIpc) is 3.02. The Labute approximate surface area is 130 Å². The van der Waals surface area contributed by atoms with Gasteiger partial charge >= 0.3 is 6.03 Å². The summed E-state index contributed by atoms with van der Waals surface area (Å²) in [6.07, 6.45) is 7.06. The summed E-state index contributed by atoms with van der Waals surface area (Å²) in [5.74, 6) is 0. The lowest BCUT2D eigenvalue weighted by Gasteiger charge is -2.42. The Morgan fingerprint density at radius 2 is 2.05 bits per heavy atom. The van der Waals surface area contributed by atoms with E-state index in [0.29, 0.717) is 18.0 Å². The van der Waals surface area contributed by atoms with E-state index < -0.39 is 0 Å². The van der Waals surface area contributed by atoms with Crippen LogP contribution in [0.5, 0.6) is 0 Å². The first kappa shape index (κ1) is 14.9. The Balaban J connectivity index is 1.39. The summed E-state index contributed by atoms with van der Waals surface area (Å²) in [5, 5.41) is 8.10. The fourth-order valence-electron chi connectivity index (χ4n) is 3.50. The third-order valence-electron chi connectivity index (χ3n) is 4.94. The van der Waals surface area contributed by atoms with Gasteiger partial charge in [-0.2, -0.15) is 0 Å². The van der Waals surface area contributed by atoms with Crippen LogP contribution in [0.4, 0.5) is 4.79 Å². The van der Waals surface area contributed by atoms with E-state index in [1.54, 1.807) is 11.3 Å². The van der Waals surface area contributed by atoms with Crippen molar-refractivity contribution in [1.82, 2.24) is 10.6 Å². The highest BCUT2D eigenvalue weighted by atomic mass is 32.1. The molecule has 1 saturated carbocycles. The van der Waals surface area contributed by atoms with Gasteiger partial charge in [-0.1, -0.05) is 6.07 Å². The van der Waals surface area contributed by atoms with Gasteiger partial charge in [0.05, 0.1) is 6.54 Å². The molecule has 2 N–H and O–H groups in total. The SMILES string of the molecule is O=C(NCc1cccs1)NC1CCC2(CCOCC2)CC1. The second kappa shape index (κ2) is 6.79. The normalized spacial score (nSPS) is 22.1. The van der Waals surface area contributed by atoms with Crippen molar-refractivity contribution in [2.24, 2.45) is 5.41 Å². The summed E-state index contributed by atoms with van der Waals surface area (Å²) in [4.78, 5) is 13.1. The van der Waals surface area contributed by atoms with Gasteiger partial charge in [0.1, 0.15) is 0 Å². The molecule has 4 nitrogen and oxygen atoms in total. The number of rotatable bonds is 3. The highest BCUT2D eigenvalue weighted by molar-refractivity contribution is 7.09. The minimum atomic E-state index is -0.0312. The van der Waals surface area contributed by atoms with Gasteiger partial charge in [0, 0.05) is 24.1 Å². The number of hydrogen-bond donors (Lipinski definition) is 2. The predicted molar refractivity (Wildman–Crippen MR) is 84.4 cm³/mol. The molecule has 0 aromatic carbocycles. The number of amides is 2. The zero-order chi connectivity index (χ0) is 14.5. The van der Waals surface area contributed by atoms with Crippen molar-refractivity contribution < 1.29 is 9.53 Å². The third kappa shape index (κ3) is 3.98. The van der Waals surface area contributed by atoms with E-state index in [2.05, 4.69) is 10.6 Å². The highest BCUT2D eigenvalue weighted by Gasteiger charge is 2.36. The first-order chi connectivity index (χ1) is 10.3. The molecular weight excluding hydrogens is 284 g/mol. The molecule has 0 bridgehead atoms. The van der Waals surface area contributed by atoms with Crippen LogP contribution in [0.1, 0.15) is 43.4 Å². The van der Waals surface area contributed by atoms with E-state index in [4.69, 9.17) is 4.74 Å². The van der Waals surface area contributed by atoms with Crippen LogP contribution >= 0.6 is 11.3 Å². The lowest BCUT2D eigenvalue weighted by Crippen LogP contribution is -2.45. The van der Waals surface area contributed by atoms with Gasteiger partial charge in [-0.3, -0.25) is 0 Å². The summed E-state index contributed by atoms with van der Waals surface area (Å²) in [6, 6.07) is 4.35. The molecule has 2 heterocycles. The number of ether oxygens (including phenoxy) is 1. The van der Waals surface area contributed by atoms with Crippen LogP contribution in [0.3, 0.4) is 0 Å². The molecule has 116 valence electrons. The Morgan fingerprint density at radius 3 is 2.71 bits per heavy atom. The van der Waals surface area contributed by atoms with Gasteiger partial charge in [-0.25, -0.2) is 4.79 Å². The Morgan fingerprint density at radius 1 is 1.29 bits per heavy atom. The zero-order valence-corrected chi connectivity index (χ0v) is 13.2. The molecule has 1 spiro atoms. The topological polar surface area (TPSA) is 50.4 Å².